The second-order valence-corrected chi connectivity index (χ2v) is 35.8. The number of phosphoric acid groups is 2. The summed E-state index contributed by atoms with van der Waals surface area (Å²) < 4.78 is 68.9. The molecule has 0 aliphatic heterocycles. The Kier molecular flexibility index (Phi) is 82.1. The van der Waals surface area contributed by atoms with E-state index in [9.17, 15) is 43.2 Å². The van der Waals surface area contributed by atoms with Gasteiger partial charge in [-0.1, -0.05) is 446 Å². The molecular weight excluding hydrogens is 1430 g/mol. The zero-order chi connectivity index (χ0) is 80.4. The molecule has 0 saturated heterocycles. The second-order valence-electron chi connectivity index (χ2n) is 32.9. The predicted molar refractivity (Wildman–Crippen MR) is 455 cm³/mol. The van der Waals surface area contributed by atoms with Crippen LogP contribution < -0.4 is 0 Å². The lowest BCUT2D eigenvalue weighted by atomic mass is 9.99. The Bertz CT molecular complexity index is 2080. The average Bonchev–Trinajstić information content (AvgIpc) is 0.892. The van der Waals surface area contributed by atoms with Crippen molar-refractivity contribution in [1.29, 1.82) is 0 Å². The minimum absolute atomic E-state index is 0.109. The molecule has 3 unspecified atom stereocenters. The molecule has 0 aliphatic carbocycles. The van der Waals surface area contributed by atoms with E-state index in [0.29, 0.717) is 25.7 Å². The number of rotatable bonds is 91. The molecule has 6 atom stereocenters. The molecule has 0 heterocycles. The van der Waals surface area contributed by atoms with E-state index in [0.717, 1.165) is 109 Å². The molecular formula is C91H178O17P2. The van der Waals surface area contributed by atoms with Crippen molar-refractivity contribution in [3.63, 3.8) is 0 Å². The highest BCUT2D eigenvalue weighted by Gasteiger charge is 2.31. The zero-order valence-corrected chi connectivity index (χ0v) is 74.2. The SMILES string of the molecule is CCCCCCCCCCCCCCCCCCCCCCCC(=O)OC[C@H](COP(=O)(O)OC[C@@H](O)COP(=O)(O)OC[C@@H](COC(=O)CCCCCCCCC)OC(=O)CCCCCCCCCCCCCCCCCCCCCC)OC(=O)CCCCCCCCCCCCCCCCCCCCC(C)CC. The number of carbonyl (C=O) groups is 4. The van der Waals surface area contributed by atoms with Crippen molar-refractivity contribution < 1.29 is 80.2 Å². The van der Waals surface area contributed by atoms with Gasteiger partial charge in [-0.05, 0) is 31.6 Å². The smallest absolute Gasteiger partial charge is 0.462 e. The normalized spacial score (nSPS) is 13.9. The average molecular weight is 1610 g/mol. The summed E-state index contributed by atoms with van der Waals surface area (Å²) in [7, 11) is -9.93. The number of carbonyl (C=O) groups excluding carboxylic acids is 4. The Morgan fingerprint density at radius 1 is 0.255 bits per heavy atom. The van der Waals surface area contributed by atoms with E-state index in [-0.39, 0.29) is 25.7 Å². The molecule has 0 aromatic rings. The van der Waals surface area contributed by atoms with Crippen LogP contribution in [0.3, 0.4) is 0 Å². The second kappa shape index (κ2) is 83.5. The monoisotopic (exact) mass is 1610 g/mol. The molecule has 0 saturated carbocycles. The lowest BCUT2D eigenvalue weighted by Gasteiger charge is -2.21. The first-order valence-electron chi connectivity index (χ1n) is 47.2. The molecule has 0 radical (unpaired) electrons. The standard InChI is InChI=1S/C91H178O17P2/c1-6-10-13-16-19-21-23-25-27-29-31-33-35-39-43-47-51-55-60-65-70-75-89(94)102-81-87(108-91(96)77-72-67-62-57-53-49-45-41-37-36-38-42-46-50-54-59-63-68-73-84(5)9-4)83-106-110(99,100)104-79-85(92)78-103-109(97,98)105-82-86(80-101-88(93)74-69-64-58-18-15-12-8-3)107-90(95)76-71-66-61-56-52-48-44-40-34-32-30-28-26-24-22-20-17-14-11-7-2/h84-87,92H,6-83H2,1-5H3,(H,97,98)(H,99,100)/t84?,85-,86+,87+/m0/s1. The van der Waals surface area contributed by atoms with Crippen molar-refractivity contribution >= 4 is 39.5 Å². The summed E-state index contributed by atoms with van der Waals surface area (Å²) in [5.41, 5.74) is 0. The molecule has 0 bridgehead atoms. The number of phosphoric ester groups is 2. The van der Waals surface area contributed by atoms with E-state index in [1.807, 2.05) is 0 Å². The van der Waals surface area contributed by atoms with Crippen LogP contribution in [0.4, 0.5) is 0 Å². The number of aliphatic hydroxyl groups excluding tert-OH is 1. The maximum absolute atomic E-state index is 13.2. The van der Waals surface area contributed by atoms with E-state index in [1.165, 1.54) is 308 Å². The van der Waals surface area contributed by atoms with Gasteiger partial charge < -0.3 is 33.8 Å². The zero-order valence-electron chi connectivity index (χ0n) is 72.4. The highest BCUT2D eigenvalue weighted by molar-refractivity contribution is 7.47. The first-order chi connectivity index (χ1) is 53.6. The van der Waals surface area contributed by atoms with Crippen molar-refractivity contribution in [3.8, 4) is 0 Å². The van der Waals surface area contributed by atoms with Gasteiger partial charge in [-0.25, -0.2) is 9.13 Å². The first-order valence-corrected chi connectivity index (χ1v) is 50.2. The third-order valence-corrected chi connectivity index (χ3v) is 23.8. The first kappa shape index (κ1) is 108. The van der Waals surface area contributed by atoms with Gasteiger partial charge in [-0.2, -0.15) is 0 Å². The van der Waals surface area contributed by atoms with Crippen LogP contribution in [0.15, 0.2) is 0 Å². The van der Waals surface area contributed by atoms with Crippen molar-refractivity contribution in [2.45, 2.75) is 515 Å². The summed E-state index contributed by atoms with van der Waals surface area (Å²) in [6.45, 7) is 7.41. The van der Waals surface area contributed by atoms with Crippen LogP contribution in [0.1, 0.15) is 497 Å². The van der Waals surface area contributed by atoms with Gasteiger partial charge >= 0.3 is 39.5 Å². The van der Waals surface area contributed by atoms with E-state index < -0.39 is 97.5 Å². The molecule has 0 aromatic heterocycles. The molecule has 0 fully saturated rings. The quantitative estimate of drug-likeness (QED) is 0.0222. The maximum Gasteiger partial charge on any atom is 0.472 e. The Balaban J connectivity index is 5.14. The van der Waals surface area contributed by atoms with Gasteiger partial charge in [-0.3, -0.25) is 37.3 Å². The number of esters is 4. The lowest BCUT2D eigenvalue weighted by molar-refractivity contribution is -0.161. The van der Waals surface area contributed by atoms with Gasteiger partial charge in [0.05, 0.1) is 26.4 Å². The van der Waals surface area contributed by atoms with E-state index in [2.05, 4.69) is 34.6 Å². The van der Waals surface area contributed by atoms with Gasteiger partial charge in [0.25, 0.3) is 0 Å². The third kappa shape index (κ3) is 82.6. The van der Waals surface area contributed by atoms with Crippen LogP contribution in [0, 0.1) is 5.92 Å². The maximum atomic E-state index is 13.2. The van der Waals surface area contributed by atoms with Gasteiger partial charge in [0.1, 0.15) is 19.3 Å². The minimum atomic E-state index is -4.97. The van der Waals surface area contributed by atoms with Gasteiger partial charge in [0, 0.05) is 25.7 Å². The van der Waals surface area contributed by atoms with E-state index >= 15 is 0 Å². The number of aliphatic hydroxyl groups is 1. The molecule has 0 aromatic carbocycles. The van der Waals surface area contributed by atoms with E-state index in [4.69, 9.17) is 37.0 Å². The number of ether oxygens (including phenoxy) is 4. The Labute approximate surface area is 677 Å². The Hall–Kier alpha value is -1.94. The summed E-state index contributed by atoms with van der Waals surface area (Å²) in [4.78, 5) is 73.2. The molecule has 654 valence electrons. The summed E-state index contributed by atoms with van der Waals surface area (Å²) in [6, 6.07) is 0. The lowest BCUT2D eigenvalue weighted by Crippen LogP contribution is -2.30. The molecule has 19 heteroatoms. The van der Waals surface area contributed by atoms with Crippen LogP contribution >= 0.6 is 15.6 Å². The van der Waals surface area contributed by atoms with Gasteiger partial charge in [0.2, 0.25) is 0 Å². The highest BCUT2D eigenvalue weighted by Crippen LogP contribution is 2.45. The molecule has 0 rings (SSSR count). The topological polar surface area (TPSA) is 237 Å². The van der Waals surface area contributed by atoms with Crippen molar-refractivity contribution in [2.24, 2.45) is 5.92 Å². The summed E-state index contributed by atoms with van der Waals surface area (Å²) in [5.74, 6) is -1.23. The fraction of sp³-hybridized carbons (Fsp3) is 0.956. The number of hydrogen-bond donors (Lipinski definition) is 3. The summed E-state index contributed by atoms with van der Waals surface area (Å²) in [5, 5.41) is 10.7. The largest absolute Gasteiger partial charge is 0.472 e. The van der Waals surface area contributed by atoms with Crippen LogP contribution in [0.5, 0.6) is 0 Å². The number of unbranched alkanes of at least 4 members (excludes halogenated alkanes) is 62. The Morgan fingerprint density at radius 2 is 0.436 bits per heavy atom. The van der Waals surface area contributed by atoms with Crippen LogP contribution in [-0.4, -0.2) is 96.7 Å². The molecule has 0 spiro atoms. The van der Waals surface area contributed by atoms with Crippen LogP contribution in [-0.2, 0) is 65.4 Å². The van der Waals surface area contributed by atoms with Gasteiger partial charge in [-0.15, -0.1) is 0 Å². The minimum Gasteiger partial charge on any atom is -0.462 e. The van der Waals surface area contributed by atoms with Crippen molar-refractivity contribution in [3.05, 3.63) is 0 Å². The van der Waals surface area contributed by atoms with E-state index in [1.54, 1.807) is 0 Å². The van der Waals surface area contributed by atoms with Crippen LogP contribution in [0.25, 0.3) is 0 Å². The molecule has 0 amide bonds. The predicted octanol–water partition coefficient (Wildman–Crippen LogP) is 28.3. The number of hydrogen-bond acceptors (Lipinski definition) is 15. The fourth-order valence-electron chi connectivity index (χ4n) is 14.3. The summed E-state index contributed by atoms with van der Waals surface area (Å²) >= 11 is 0. The van der Waals surface area contributed by atoms with Crippen molar-refractivity contribution in [1.82, 2.24) is 0 Å². The van der Waals surface area contributed by atoms with Crippen LogP contribution in [0.2, 0.25) is 0 Å². The summed E-state index contributed by atoms with van der Waals surface area (Å²) in [6.07, 6.45) is 79.6. The molecule has 0 aliphatic rings. The molecule has 110 heavy (non-hydrogen) atoms. The fourth-order valence-corrected chi connectivity index (χ4v) is 15.9. The van der Waals surface area contributed by atoms with Gasteiger partial charge in [0.15, 0.2) is 12.2 Å². The highest BCUT2D eigenvalue weighted by atomic mass is 31.2. The third-order valence-electron chi connectivity index (χ3n) is 21.9. The molecule has 17 nitrogen and oxygen atoms in total. The molecule has 3 N–H and O–H groups in total. The van der Waals surface area contributed by atoms with Crippen molar-refractivity contribution in [2.75, 3.05) is 39.6 Å². The Morgan fingerprint density at radius 3 is 0.645 bits per heavy atom.